The van der Waals surface area contributed by atoms with Gasteiger partial charge in [-0.2, -0.15) is 0 Å². The first-order valence-electron chi connectivity index (χ1n) is 6.30. The van der Waals surface area contributed by atoms with Crippen molar-refractivity contribution in [3.05, 3.63) is 30.6 Å². The maximum atomic E-state index is 5.98. The molecule has 0 bridgehead atoms. The number of rotatable bonds is 3. The summed E-state index contributed by atoms with van der Waals surface area (Å²) in [5.74, 6) is 0.513. The Labute approximate surface area is 118 Å². The minimum Gasteiger partial charge on any atom is -0.382 e. The third-order valence-electron chi connectivity index (χ3n) is 3.23. The largest absolute Gasteiger partial charge is 0.382 e. The number of fused-ring (bicyclic) bond motifs is 3. The molecule has 0 aliphatic heterocycles. The monoisotopic (exact) mass is 276 g/mol. The lowest BCUT2D eigenvalue weighted by molar-refractivity contribution is 0.646. The van der Waals surface area contributed by atoms with Gasteiger partial charge in [0.2, 0.25) is 0 Å². The van der Waals surface area contributed by atoms with Gasteiger partial charge in [0, 0.05) is 11.9 Å². The highest BCUT2D eigenvalue weighted by atomic mass is 35.5. The average molecular weight is 277 g/mol. The highest BCUT2D eigenvalue weighted by molar-refractivity contribution is 6.06. The van der Waals surface area contributed by atoms with Crippen molar-refractivity contribution in [2.75, 3.05) is 5.73 Å². The van der Waals surface area contributed by atoms with Crippen LogP contribution in [0.1, 0.15) is 19.8 Å². The Morgan fingerprint density at radius 1 is 1.26 bits per heavy atom. The van der Waals surface area contributed by atoms with E-state index in [0.717, 1.165) is 41.3 Å². The molecule has 0 amide bonds. The van der Waals surface area contributed by atoms with Crippen LogP contribution in [0.5, 0.6) is 0 Å². The van der Waals surface area contributed by atoms with Gasteiger partial charge in [-0.1, -0.05) is 31.5 Å². The van der Waals surface area contributed by atoms with Crippen LogP contribution in [-0.4, -0.2) is 14.5 Å². The van der Waals surface area contributed by atoms with Gasteiger partial charge in [0.25, 0.3) is 0 Å². The zero-order valence-electron chi connectivity index (χ0n) is 10.8. The molecule has 0 atom stereocenters. The zero-order chi connectivity index (χ0) is 12.5. The first kappa shape index (κ1) is 13.6. The number of nitrogens with two attached hydrogens (primary N) is 1. The van der Waals surface area contributed by atoms with Gasteiger partial charge in [-0.05, 0) is 12.5 Å². The van der Waals surface area contributed by atoms with E-state index < -0.39 is 0 Å². The van der Waals surface area contributed by atoms with Gasteiger partial charge < -0.3 is 10.3 Å². The number of pyridine rings is 1. The number of para-hydroxylation sites is 1. The van der Waals surface area contributed by atoms with Gasteiger partial charge in [-0.3, -0.25) is 0 Å². The molecule has 0 spiro atoms. The van der Waals surface area contributed by atoms with Crippen LogP contribution in [0.25, 0.3) is 21.9 Å². The molecule has 19 heavy (non-hydrogen) atoms. The standard InChI is InChI=1S/C14H16N4.ClH/c1-2-3-8-18-9-16-12-13(18)10-6-4-5-7-11(10)17-14(12)15;/h4-7,9H,2-3,8H2,1H3,(H2,15,17);1H. The maximum Gasteiger partial charge on any atom is 0.152 e. The summed E-state index contributed by atoms with van der Waals surface area (Å²) >= 11 is 0. The summed E-state index contributed by atoms with van der Waals surface area (Å²) in [6.07, 6.45) is 4.17. The minimum atomic E-state index is 0. The summed E-state index contributed by atoms with van der Waals surface area (Å²) in [6, 6.07) is 8.07. The average Bonchev–Trinajstić information content (AvgIpc) is 2.81. The molecule has 0 fully saturated rings. The molecule has 0 radical (unpaired) electrons. The lowest BCUT2D eigenvalue weighted by atomic mass is 10.2. The summed E-state index contributed by atoms with van der Waals surface area (Å²) < 4.78 is 2.18. The van der Waals surface area contributed by atoms with Crippen LogP contribution in [0.4, 0.5) is 5.82 Å². The normalized spacial score (nSPS) is 10.8. The van der Waals surface area contributed by atoms with Crippen LogP contribution in [0.3, 0.4) is 0 Å². The molecule has 5 heteroatoms. The Bertz CT molecular complexity index is 705. The van der Waals surface area contributed by atoms with E-state index in [4.69, 9.17) is 5.73 Å². The zero-order valence-corrected chi connectivity index (χ0v) is 11.7. The number of aromatic nitrogens is 3. The van der Waals surface area contributed by atoms with Gasteiger partial charge in [0.15, 0.2) is 5.82 Å². The smallest absolute Gasteiger partial charge is 0.152 e. The number of nitrogen functional groups attached to an aromatic ring is 1. The number of hydrogen-bond acceptors (Lipinski definition) is 3. The Hall–Kier alpha value is -1.81. The van der Waals surface area contributed by atoms with Crippen LogP contribution in [-0.2, 0) is 6.54 Å². The number of aryl methyl sites for hydroxylation is 1. The number of anilines is 1. The number of unbranched alkanes of at least 4 members (excludes halogenated alkanes) is 1. The molecule has 0 saturated heterocycles. The van der Waals surface area contributed by atoms with Gasteiger partial charge in [0.05, 0.1) is 17.4 Å². The predicted octanol–water partition coefficient (Wildman–Crippen LogP) is 3.39. The Kier molecular flexibility index (Phi) is 3.90. The number of hydrogen-bond donors (Lipinski definition) is 1. The molecule has 1 aromatic carbocycles. The summed E-state index contributed by atoms with van der Waals surface area (Å²) in [6.45, 7) is 3.16. The van der Waals surface area contributed by atoms with E-state index >= 15 is 0 Å². The van der Waals surface area contributed by atoms with Crippen LogP contribution >= 0.6 is 12.4 Å². The molecule has 2 aromatic heterocycles. The van der Waals surface area contributed by atoms with Crippen LogP contribution in [0.2, 0.25) is 0 Å². The van der Waals surface area contributed by atoms with Crippen molar-refractivity contribution in [1.82, 2.24) is 14.5 Å². The molecule has 0 aliphatic carbocycles. The second-order valence-corrected chi connectivity index (χ2v) is 4.50. The van der Waals surface area contributed by atoms with E-state index in [-0.39, 0.29) is 12.4 Å². The van der Waals surface area contributed by atoms with E-state index in [1.165, 1.54) is 0 Å². The molecule has 0 aliphatic rings. The number of nitrogens with zero attached hydrogens (tertiary/aromatic N) is 3. The van der Waals surface area contributed by atoms with E-state index in [0.29, 0.717) is 5.82 Å². The molecule has 0 unspecified atom stereocenters. The van der Waals surface area contributed by atoms with Gasteiger partial charge >= 0.3 is 0 Å². The second-order valence-electron chi connectivity index (χ2n) is 4.50. The van der Waals surface area contributed by atoms with Crippen molar-refractivity contribution in [2.45, 2.75) is 26.3 Å². The Balaban J connectivity index is 0.00000133. The van der Waals surface area contributed by atoms with Crippen molar-refractivity contribution in [3.8, 4) is 0 Å². The van der Waals surface area contributed by atoms with Crippen molar-refractivity contribution in [2.24, 2.45) is 0 Å². The lowest BCUT2D eigenvalue weighted by Crippen LogP contribution is -1.98. The molecule has 2 N–H and O–H groups in total. The molecular weight excluding hydrogens is 260 g/mol. The van der Waals surface area contributed by atoms with E-state index in [1.54, 1.807) is 0 Å². The van der Waals surface area contributed by atoms with Gasteiger partial charge in [-0.25, -0.2) is 9.97 Å². The molecule has 3 aromatic rings. The lowest BCUT2D eigenvalue weighted by Gasteiger charge is -2.06. The fraction of sp³-hybridized carbons (Fsp3) is 0.286. The van der Waals surface area contributed by atoms with E-state index in [9.17, 15) is 0 Å². The van der Waals surface area contributed by atoms with Crippen LogP contribution in [0.15, 0.2) is 30.6 Å². The topological polar surface area (TPSA) is 56.7 Å². The molecular formula is C14H17ClN4. The third kappa shape index (κ3) is 2.24. The summed E-state index contributed by atoms with van der Waals surface area (Å²) in [5, 5.41) is 1.12. The second kappa shape index (κ2) is 5.45. The van der Waals surface area contributed by atoms with Crippen molar-refractivity contribution in [3.63, 3.8) is 0 Å². The van der Waals surface area contributed by atoms with Gasteiger partial charge in [-0.15, -0.1) is 12.4 Å². The first-order chi connectivity index (χ1) is 8.81. The summed E-state index contributed by atoms with van der Waals surface area (Å²) in [4.78, 5) is 8.80. The van der Waals surface area contributed by atoms with Crippen LogP contribution in [0, 0.1) is 0 Å². The summed E-state index contributed by atoms with van der Waals surface area (Å²) in [5.41, 5.74) is 8.82. The van der Waals surface area contributed by atoms with E-state index in [1.807, 2.05) is 24.5 Å². The van der Waals surface area contributed by atoms with Crippen LogP contribution < -0.4 is 5.73 Å². The van der Waals surface area contributed by atoms with E-state index in [2.05, 4.69) is 27.5 Å². The number of imidazole rings is 1. The molecule has 4 nitrogen and oxygen atoms in total. The van der Waals surface area contributed by atoms with Crippen molar-refractivity contribution >= 4 is 40.2 Å². The SMILES string of the molecule is CCCCn1cnc2c(N)nc3ccccc3c21.Cl. The molecule has 0 saturated carbocycles. The highest BCUT2D eigenvalue weighted by Crippen LogP contribution is 2.26. The Morgan fingerprint density at radius 2 is 2.05 bits per heavy atom. The fourth-order valence-corrected chi connectivity index (χ4v) is 2.30. The molecule has 100 valence electrons. The van der Waals surface area contributed by atoms with Gasteiger partial charge in [0.1, 0.15) is 5.52 Å². The fourth-order valence-electron chi connectivity index (χ4n) is 2.30. The number of halogens is 1. The van der Waals surface area contributed by atoms with Crippen molar-refractivity contribution in [1.29, 1.82) is 0 Å². The maximum absolute atomic E-state index is 5.98. The minimum absolute atomic E-state index is 0. The number of benzene rings is 1. The summed E-state index contributed by atoms with van der Waals surface area (Å²) in [7, 11) is 0. The Morgan fingerprint density at radius 3 is 2.84 bits per heavy atom. The van der Waals surface area contributed by atoms with Crippen molar-refractivity contribution < 1.29 is 0 Å². The molecule has 2 heterocycles. The predicted molar refractivity (Wildman–Crippen MR) is 81.6 cm³/mol. The quantitative estimate of drug-likeness (QED) is 0.798. The highest BCUT2D eigenvalue weighted by Gasteiger charge is 2.11. The first-order valence-corrected chi connectivity index (χ1v) is 6.30. The third-order valence-corrected chi connectivity index (χ3v) is 3.23. The molecule has 3 rings (SSSR count).